The van der Waals surface area contributed by atoms with Crippen molar-refractivity contribution in [3.8, 4) is 11.3 Å². The zero-order valence-electron chi connectivity index (χ0n) is 11.8. The largest absolute Gasteiger partial charge is 0.481 e. The summed E-state index contributed by atoms with van der Waals surface area (Å²) in [6.45, 7) is 4.05. The highest BCUT2D eigenvalue weighted by Gasteiger charge is 2.16. The molecular formula is C15H17BrN2O2. The molecule has 106 valence electrons. The van der Waals surface area contributed by atoms with Crippen LogP contribution < -0.4 is 0 Å². The van der Waals surface area contributed by atoms with Crippen molar-refractivity contribution in [2.45, 2.75) is 26.7 Å². The minimum Gasteiger partial charge on any atom is -0.481 e. The van der Waals surface area contributed by atoms with Crippen LogP contribution in [0.5, 0.6) is 0 Å². The number of rotatable bonds is 4. The van der Waals surface area contributed by atoms with Gasteiger partial charge < -0.3 is 5.11 Å². The van der Waals surface area contributed by atoms with Crippen LogP contribution in [-0.4, -0.2) is 20.9 Å². The molecular weight excluding hydrogens is 320 g/mol. The molecule has 1 aromatic heterocycles. The summed E-state index contributed by atoms with van der Waals surface area (Å²) in [6.07, 6.45) is 0.620. The van der Waals surface area contributed by atoms with E-state index in [-0.39, 0.29) is 6.42 Å². The molecule has 1 N–H and O–H groups in total. The molecule has 2 rings (SSSR count). The molecule has 5 heteroatoms. The maximum absolute atomic E-state index is 10.7. The van der Waals surface area contributed by atoms with Gasteiger partial charge >= 0.3 is 5.97 Å². The lowest BCUT2D eigenvalue weighted by molar-refractivity contribution is -0.136. The van der Waals surface area contributed by atoms with Gasteiger partial charge in [0.05, 0.1) is 12.1 Å². The number of hydrogen-bond donors (Lipinski definition) is 1. The zero-order chi connectivity index (χ0) is 14.9. The van der Waals surface area contributed by atoms with E-state index in [4.69, 9.17) is 5.11 Å². The van der Waals surface area contributed by atoms with Gasteiger partial charge in [0, 0.05) is 29.2 Å². The van der Waals surface area contributed by atoms with Gasteiger partial charge in [0.15, 0.2) is 0 Å². The third kappa shape index (κ3) is 2.93. The number of aliphatic carboxylic acids is 1. The first-order valence-corrected chi connectivity index (χ1v) is 7.20. The summed E-state index contributed by atoms with van der Waals surface area (Å²) in [4.78, 5) is 10.7. The molecule has 0 aliphatic heterocycles. The molecule has 0 unspecified atom stereocenters. The number of aryl methyl sites for hydroxylation is 2. The van der Waals surface area contributed by atoms with Crippen LogP contribution in [0.1, 0.15) is 23.2 Å². The second-order valence-electron chi connectivity index (χ2n) is 4.90. The van der Waals surface area contributed by atoms with E-state index in [9.17, 15) is 4.79 Å². The van der Waals surface area contributed by atoms with E-state index in [1.165, 1.54) is 0 Å². The van der Waals surface area contributed by atoms with Gasteiger partial charge in [-0.3, -0.25) is 9.48 Å². The number of nitrogens with zero attached hydrogens (tertiary/aromatic N) is 2. The molecule has 0 saturated heterocycles. The van der Waals surface area contributed by atoms with Crippen molar-refractivity contribution in [2.75, 3.05) is 0 Å². The second-order valence-corrected chi connectivity index (χ2v) is 5.81. The monoisotopic (exact) mass is 336 g/mol. The Morgan fingerprint density at radius 2 is 2.10 bits per heavy atom. The smallest absolute Gasteiger partial charge is 0.303 e. The number of carboxylic acid groups (broad SMARTS) is 1. The van der Waals surface area contributed by atoms with Crippen LogP contribution in [0, 0.1) is 13.8 Å². The number of hydrogen-bond acceptors (Lipinski definition) is 2. The minimum atomic E-state index is -0.786. The summed E-state index contributed by atoms with van der Waals surface area (Å²) >= 11 is 3.48. The summed E-state index contributed by atoms with van der Waals surface area (Å²) in [5.74, 6) is -0.786. The lowest BCUT2D eigenvalue weighted by Gasteiger charge is -2.05. The number of benzene rings is 1. The first kappa shape index (κ1) is 14.8. The fourth-order valence-electron chi connectivity index (χ4n) is 2.34. The van der Waals surface area contributed by atoms with E-state index >= 15 is 0 Å². The molecule has 2 aromatic rings. The molecule has 4 nitrogen and oxygen atoms in total. The van der Waals surface area contributed by atoms with Crippen molar-refractivity contribution in [1.82, 2.24) is 9.78 Å². The fourth-order valence-corrected chi connectivity index (χ4v) is 2.71. The fraction of sp³-hybridized carbons (Fsp3) is 0.333. The highest BCUT2D eigenvalue weighted by atomic mass is 79.9. The number of aromatic nitrogens is 2. The molecule has 0 fully saturated rings. The van der Waals surface area contributed by atoms with Gasteiger partial charge in [-0.05, 0) is 37.1 Å². The number of carbonyl (C=O) groups is 1. The summed E-state index contributed by atoms with van der Waals surface area (Å²) in [6, 6.07) is 6.10. The lowest BCUT2D eigenvalue weighted by atomic mass is 10.0. The van der Waals surface area contributed by atoms with Gasteiger partial charge in [0.25, 0.3) is 0 Å². The van der Waals surface area contributed by atoms with Crippen molar-refractivity contribution >= 4 is 21.9 Å². The Bertz CT molecular complexity index is 662. The summed E-state index contributed by atoms with van der Waals surface area (Å²) in [5.41, 5.74) is 5.18. The Hall–Kier alpha value is -1.62. The van der Waals surface area contributed by atoms with Gasteiger partial charge in [0.2, 0.25) is 0 Å². The summed E-state index contributed by atoms with van der Waals surface area (Å²) in [5, 5.41) is 13.4. The molecule has 0 bridgehead atoms. The van der Waals surface area contributed by atoms with Gasteiger partial charge in [-0.2, -0.15) is 5.10 Å². The van der Waals surface area contributed by atoms with E-state index in [0.29, 0.717) is 6.42 Å². The SMILES string of the molecule is Cc1ccc(Br)cc1-c1nn(C)c(CCC(=O)O)c1C. The average molecular weight is 337 g/mol. The summed E-state index contributed by atoms with van der Waals surface area (Å²) in [7, 11) is 1.86. The van der Waals surface area contributed by atoms with Gasteiger partial charge in [-0.1, -0.05) is 22.0 Å². The van der Waals surface area contributed by atoms with Crippen LogP contribution in [0.3, 0.4) is 0 Å². The van der Waals surface area contributed by atoms with Crippen LogP contribution in [0.15, 0.2) is 22.7 Å². The minimum absolute atomic E-state index is 0.122. The van der Waals surface area contributed by atoms with Crippen molar-refractivity contribution in [3.05, 3.63) is 39.5 Å². The van der Waals surface area contributed by atoms with E-state index < -0.39 is 5.97 Å². The second kappa shape index (κ2) is 5.79. The standard InChI is InChI=1S/C15H17BrN2O2/c1-9-4-5-11(16)8-12(9)15-10(2)13(18(3)17-15)6-7-14(19)20/h4-5,8H,6-7H2,1-3H3,(H,19,20). The topological polar surface area (TPSA) is 55.1 Å². The maximum Gasteiger partial charge on any atom is 0.303 e. The van der Waals surface area contributed by atoms with Crippen molar-refractivity contribution < 1.29 is 9.90 Å². The van der Waals surface area contributed by atoms with Crippen molar-refractivity contribution in [1.29, 1.82) is 0 Å². The highest BCUT2D eigenvalue weighted by Crippen LogP contribution is 2.30. The predicted octanol–water partition coefficient (Wildman–Crippen LogP) is 3.48. The lowest BCUT2D eigenvalue weighted by Crippen LogP contribution is -2.03. The molecule has 1 heterocycles. The quantitative estimate of drug-likeness (QED) is 0.929. The van der Waals surface area contributed by atoms with Gasteiger partial charge in [-0.25, -0.2) is 0 Å². The molecule has 1 aromatic carbocycles. The van der Waals surface area contributed by atoms with Crippen LogP contribution in [0.25, 0.3) is 11.3 Å². The molecule has 0 amide bonds. The van der Waals surface area contributed by atoms with Crippen LogP contribution >= 0.6 is 15.9 Å². The average Bonchev–Trinajstić information content (AvgIpc) is 2.65. The maximum atomic E-state index is 10.7. The normalized spacial score (nSPS) is 10.8. The zero-order valence-corrected chi connectivity index (χ0v) is 13.4. The highest BCUT2D eigenvalue weighted by molar-refractivity contribution is 9.10. The first-order valence-electron chi connectivity index (χ1n) is 6.41. The van der Waals surface area contributed by atoms with Crippen LogP contribution in [0.2, 0.25) is 0 Å². The molecule has 0 aliphatic carbocycles. The Morgan fingerprint density at radius 3 is 2.75 bits per heavy atom. The van der Waals surface area contributed by atoms with E-state index in [1.54, 1.807) is 4.68 Å². The molecule has 0 aliphatic rings. The van der Waals surface area contributed by atoms with Crippen molar-refractivity contribution in [3.63, 3.8) is 0 Å². The Labute approximate surface area is 126 Å². The molecule has 0 spiro atoms. The molecule has 0 saturated carbocycles. The Morgan fingerprint density at radius 1 is 1.40 bits per heavy atom. The van der Waals surface area contributed by atoms with E-state index in [2.05, 4.69) is 21.0 Å². The molecule has 20 heavy (non-hydrogen) atoms. The van der Waals surface area contributed by atoms with Crippen molar-refractivity contribution in [2.24, 2.45) is 7.05 Å². The molecule has 0 radical (unpaired) electrons. The first-order chi connectivity index (χ1) is 9.40. The predicted molar refractivity (Wildman–Crippen MR) is 81.8 cm³/mol. The summed E-state index contributed by atoms with van der Waals surface area (Å²) < 4.78 is 2.80. The van der Waals surface area contributed by atoms with Crippen LogP contribution in [-0.2, 0) is 18.3 Å². The van der Waals surface area contributed by atoms with Crippen LogP contribution in [0.4, 0.5) is 0 Å². The number of halogens is 1. The van der Waals surface area contributed by atoms with E-state index in [1.807, 2.05) is 39.1 Å². The Balaban J connectivity index is 2.46. The third-order valence-corrected chi connectivity index (χ3v) is 3.95. The third-order valence-electron chi connectivity index (χ3n) is 3.46. The molecule has 0 atom stereocenters. The number of carboxylic acids is 1. The van der Waals surface area contributed by atoms with Gasteiger partial charge in [0.1, 0.15) is 0 Å². The Kier molecular flexibility index (Phi) is 4.28. The van der Waals surface area contributed by atoms with Gasteiger partial charge in [-0.15, -0.1) is 0 Å². The van der Waals surface area contributed by atoms with E-state index in [0.717, 1.165) is 32.6 Å².